The van der Waals surface area contributed by atoms with Crippen molar-refractivity contribution in [1.29, 1.82) is 0 Å². The third-order valence-corrected chi connectivity index (χ3v) is 2.58. The van der Waals surface area contributed by atoms with Gasteiger partial charge in [-0.25, -0.2) is 4.98 Å². The Morgan fingerprint density at radius 2 is 2.00 bits per heavy atom. The third kappa shape index (κ3) is 2.67. The van der Waals surface area contributed by atoms with Gasteiger partial charge >= 0.3 is 0 Å². The van der Waals surface area contributed by atoms with E-state index in [1.54, 1.807) is 0 Å². The molecule has 0 aliphatic heterocycles. The van der Waals surface area contributed by atoms with Crippen LogP contribution in [0.25, 0.3) is 17.0 Å². The number of hydrogen-bond donors (Lipinski definition) is 0. The van der Waals surface area contributed by atoms with Gasteiger partial charge in [0.25, 0.3) is 0 Å². The van der Waals surface area contributed by atoms with Crippen LogP contribution in [0.3, 0.4) is 0 Å². The fourth-order valence-electron chi connectivity index (χ4n) is 1.45. The lowest BCUT2D eigenvalue weighted by Gasteiger charge is -2.00. The van der Waals surface area contributed by atoms with E-state index in [0.29, 0.717) is 0 Å². The van der Waals surface area contributed by atoms with Gasteiger partial charge in [0.2, 0.25) is 0 Å². The SMILES string of the molecule is Cc1ccc2nc(C=C(Br)Br)ccc2c1. The molecule has 2 rings (SSSR count). The number of aromatic nitrogens is 1. The summed E-state index contributed by atoms with van der Waals surface area (Å²) >= 11 is 6.65. The molecule has 0 N–H and O–H groups in total. The highest BCUT2D eigenvalue weighted by Gasteiger charge is 1.97. The first-order valence-corrected chi connectivity index (χ1v) is 6.14. The van der Waals surface area contributed by atoms with Crippen LogP contribution in [-0.4, -0.2) is 4.98 Å². The molecule has 1 aromatic heterocycles. The molecule has 2 aromatic rings. The lowest BCUT2D eigenvalue weighted by molar-refractivity contribution is 1.36. The van der Waals surface area contributed by atoms with Gasteiger partial charge in [-0.1, -0.05) is 17.7 Å². The summed E-state index contributed by atoms with van der Waals surface area (Å²) in [5.74, 6) is 0. The molecule has 1 heterocycles. The Kier molecular flexibility index (Phi) is 3.22. The third-order valence-electron chi connectivity index (χ3n) is 2.12. The molecule has 0 fully saturated rings. The van der Waals surface area contributed by atoms with Gasteiger partial charge < -0.3 is 0 Å². The Hall–Kier alpha value is -0.670. The zero-order chi connectivity index (χ0) is 10.8. The molecule has 0 aliphatic rings. The molecule has 0 unspecified atom stereocenters. The molecule has 76 valence electrons. The van der Waals surface area contributed by atoms with Gasteiger partial charge in [-0.3, -0.25) is 0 Å². The lowest BCUT2D eigenvalue weighted by Crippen LogP contribution is -1.83. The monoisotopic (exact) mass is 325 g/mol. The summed E-state index contributed by atoms with van der Waals surface area (Å²) in [6.07, 6.45) is 1.93. The second kappa shape index (κ2) is 4.45. The van der Waals surface area contributed by atoms with Crippen molar-refractivity contribution in [2.24, 2.45) is 0 Å². The molecule has 1 nitrogen and oxygen atoms in total. The Labute approximate surface area is 105 Å². The topological polar surface area (TPSA) is 12.9 Å². The van der Waals surface area contributed by atoms with Crippen molar-refractivity contribution in [3.8, 4) is 0 Å². The molecule has 0 spiro atoms. The highest BCUT2D eigenvalue weighted by molar-refractivity contribution is 9.28. The zero-order valence-corrected chi connectivity index (χ0v) is 11.3. The fourth-order valence-corrected chi connectivity index (χ4v) is 1.92. The van der Waals surface area contributed by atoms with E-state index in [1.807, 2.05) is 18.2 Å². The van der Waals surface area contributed by atoms with Gasteiger partial charge in [-0.05, 0) is 63.1 Å². The smallest absolute Gasteiger partial charge is 0.0709 e. The second-order valence-electron chi connectivity index (χ2n) is 3.37. The number of fused-ring (bicyclic) bond motifs is 1. The van der Waals surface area contributed by atoms with Gasteiger partial charge in [0, 0.05) is 5.39 Å². The maximum absolute atomic E-state index is 4.52. The Bertz CT molecular complexity index is 528. The van der Waals surface area contributed by atoms with Gasteiger partial charge in [-0.15, -0.1) is 0 Å². The molecule has 3 heteroatoms. The summed E-state index contributed by atoms with van der Waals surface area (Å²) in [6, 6.07) is 10.4. The van der Waals surface area contributed by atoms with Crippen LogP contribution < -0.4 is 0 Å². The molecular formula is C12H9Br2N. The minimum Gasteiger partial charge on any atom is -0.248 e. The van der Waals surface area contributed by atoms with Crippen LogP contribution in [0.1, 0.15) is 11.3 Å². The lowest BCUT2D eigenvalue weighted by atomic mass is 10.1. The molecule has 0 aliphatic carbocycles. The summed E-state index contributed by atoms with van der Waals surface area (Å²) in [7, 11) is 0. The molecular weight excluding hydrogens is 318 g/mol. The van der Waals surface area contributed by atoms with Crippen molar-refractivity contribution in [2.75, 3.05) is 0 Å². The summed E-state index contributed by atoms with van der Waals surface area (Å²) < 4.78 is 0.897. The van der Waals surface area contributed by atoms with Crippen LogP contribution in [0.2, 0.25) is 0 Å². The van der Waals surface area contributed by atoms with Crippen molar-refractivity contribution >= 4 is 48.8 Å². The second-order valence-corrected chi connectivity index (χ2v) is 6.14. The molecule has 0 saturated heterocycles. The Morgan fingerprint density at radius 3 is 2.73 bits per heavy atom. The highest BCUT2D eigenvalue weighted by Crippen LogP contribution is 2.19. The molecule has 1 aromatic carbocycles. The van der Waals surface area contributed by atoms with Crippen LogP contribution in [0.5, 0.6) is 0 Å². The fraction of sp³-hybridized carbons (Fsp3) is 0.0833. The van der Waals surface area contributed by atoms with Gasteiger partial charge in [0.05, 0.1) is 14.6 Å². The van der Waals surface area contributed by atoms with Crippen molar-refractivity contribution in [1.82, 2.24) is 4.98 Å². The van der Waals surface area contributed by atoms with Crippen molar-refractivity contribution in [2.45, 2.75) is 6.92 Å². The zero-order valence-electron chi connectivity index (χ0n) is 8.17. The highest BCUT2D eigenvalue weighted by atomic mass is 79.9. The largest absolute Gasteiger partial charge is 0.248 e. The minimum atomic E-state index is 0.897. The first-order chi connectivity index (χ1) is 7.15. The van der Waals surface area contributed by atoms with Crippen LogP contribution in [-0.2, 0) is 0 Å². The predicted molar refractivity (Wildman–Crippen MR) is 72.3 cm³/mol. The quantitative estimate of drug-likeness (QED) is 0.744. The van der Waals surface area contributed by atoms with Gasteiger partial charge in [0.15, 0.2) is 0 Å². The van der Waals surface area contributed by atoms with E-state index in [4.69, 9.17) is 0 Å². The van der Waals surface area contributed by atoms with Crippen molar-refractivity contribution in [3.63, 3.8) is 0 Å². The van der Waals surface area contributed by atoms with E-state index in [9.17, 15) is 0 Å². The summed E-state index contributed by atoms with van der Waals surface area (Å²) in [5.41, 5.74) is 3.22. The first-order valence-electron chi connectivity index (χ1n) is 4.55. The number of hydrogen-bond acceptors (Lipinski definition) is 1. The van der Waals surface area contributed by atoms with Crippen molar-refractivity contribution < 1.29 is 0 Å². The predicted octanol–water partition coefficient (Wildman–Crippen LogP) is 4.63. The van der Waals surface area contributed by atoms with Gasteiger partial charge in [0.1, 0.15) is 0 Å². The van der Waals surface area contributed by atoms with Crippen LogP contribution in [0.15, 0.2) is 33.7 Å². The van der Waals surface area contributed by atoms with E-state index in [1.165, 1.54) is 10.9 Å². The van der Waals surface area contributed by atoms with Crippen LogP contribution >= 0.6 is 31.9 Å². The molecule has 0 radical (unpaired) electrons. The average molecular weight is 327 g/mol. The van der Waals surface area contributed by atoms with E-state index in [2.05, 4.69) is 62.0 Å². The van der Waals surface area contributed by atoms with Crippen LogP contribution in [0.4, 0.5) is 0 Å². The number of rotatable bonds is 1. The Morgan fingerprint density at radius 1 is 1.20 bits per heavy atom. The van der Waals surface area contributed by atoms with Crippen LogP contribution in [0, 0.1) is 6.92 Å². The minimum absolute atomic E-state index is 0.897. The molecule has 0 atom stereocenters. The van der Waals surface area contributed by atoms with E-state index < -0.39 is 0 Å². The maximum atomic E-state index is 4.52. The Balaban J connectivity index is 2.57. The number of benzene rings is 1. The van der Waals surface area contributed by atoms with E-state index >= 15 is 0 Å². The number of halogens is 2. The van der Waals surface area contributed by atoms with E-state index in [-0.39, 0.29) is 0 Å². The standard InChI is InChI=1S/C12H9Br2N/c1-8-2-5-11-9(6-8)3-4-10(15-11)7-12(13)14/h2-7H,1H3. The molecule has 15 heavy (non-hydrogen) atoms. The molecule has 0 bridgehead atoms. The summed E-state index contributed by atoms with van der Waals surface area (Å²) in [6.45, 7) is 2.09. The number of pyridine rings is 1. The summed E-state index contributed by atoms with van der Waals surface area (Å²) in [5, 5.41) is 1.18. The normalized spacial score (nSPS) is 10.3. The average Bonchev–Trinajstić information content (AvgIpc) is 2.17. The molecule has 0 amide bonds. The van der Waals surface area contributed by atoms with E-state index in [0.717, 1.165) is 14.6 Å². The summed E-state index contributed by atoms with van der Waals surface area (Å²) in [4.78, 5) is 4.52. The first kappa shape index (κ1) is 10.8. The number of aryl methyl sites for hydroxylation is 1. The van der Waals surface area contributed by atoms with Crippen molar-refractivity contribution in [3.05, 3.63) is 45.0 Å². The van der Waals surface area contributed by atoms with Gasteiger partial charge in [-0.2, -0.15) is 0 Å². The molecule has 0 saturated carbocycles. The maximum Gasteiger partial charge on any atom is 0.0709 e. The number of nitrogens with zero attached hydrogens (tertiary/aromatic N) is 1.